The predicted molar refractivity (Wildman–Crippen MR) is 91.0 cm³/mol. The Morgan fingerprint density at radius 2 is 1.96 bits per heavy atom. The summed E-state index contributed by atoms with van der Waals surface area (Å²) in [4.78, 5) is 28.8. The average Bonchev–Trinajstić information content (AvgIpc) is 2.61. The maximum absolute atomic E-state index is 12.6. The van der Waals surface area contributed by atoms with Gasteiger partial charge < -0.3 is 10.2 Å². The lowest BCUT2D eigenvalue weighted by molar-refractivity contribution is -0.118. The molecule has 1 amide bonds. The standard InChI is InChI=1S/C18H25N3O2/c1-2-18(23)21-9-3-4-14-5-6-15(12-16(14)21)17(22)13-20-10-7-19-8-11-20/h5-6,12,19H,2-4,7-11,13H2,1H3. The van der Waals surface area contributed by atoms with E-state index in [0.29, 0.717) is 13.0 Å². The fourth-order valence-electron chi connectivity index (χ4n) is 3.36. The second-order valence-electron chi connectivity index (χ2n) is 6.30. The lowest BCUT2D eigenvalue weighted by atomic mass is 9.97. The fourth-order valence-corrected chi connectivity index (χ4v) is 3.36. The Hall–Kier alpha value is -1.72. The minimum absolute atomic E-state index is 0.137. The predicted octanol–water partition coefficient (Wildman–Crippen LogP) is 1.46. The van der Waals surface area contributed by atoms with Gasteiger partial charge in [0.25, 0.3) is 0 Å². The van der Waals surface area contributed by atoms with Crippen LogP contribution < -0.4 is 10.2 Å². The number of fused-ring (bicyclic) bond motifs is 1. The Morgan fingerprint density at radius 3 is 2.70 bits per heavy atom. The monoisotopic (exact) mass is 315 g/mol. The Morgan fingerprint density at radius 1 is 1.17 bits per heavy atom. The number of nitrogens with one attached hydrogen (secondary N) is 1. The molecule has 1 fully saturated rings. The number of anilines is 1. The molecule has 5 heteroatoms. The Kier molecular flexibility index (Phi) is 5.08. The number of benzene rings is 1. The smallest absolute Gasteiger partial charge is 0.226 e. The van der Waals surface area contributed by atoms with Crippen LogP contribution in [0.3, 0.4) is 0 Å². The van der Waals surface area contributed by atoms with Crippen molar-refractivity contribution in [3.05, 3.63) is 29.3 Å². The summed E-state index contributed by atoms with van der Waals surface area (Å²) >= 11 is 0. The molecular formula is C18H25N3O2. The van der Waals surface area contributed by atoms with Gasteiger partial charge in [-0.05, 0) is 24.5 Å². The molecule has 1 N–H and O–H groups in total. The van der Waals surface area contributed by atoms with Crippen LogP contribution in [0.2, 0.25) is 0 Å². The molecule has 2 heterocycles. The van der Waals surface area contributed by atoms with Gasteiger partial charge >= 0.3 is 0 Å². The molecule has 0 atom stereocenters. The molecule has 0 spiro atoms. The third-order valence-electron chi connectivity index (χ3n) is 4.71. The van der Waals surface area contributed by atoms with Crippen LogP contribution >= 0.6 is 0 Å². The van der Waals surface area contributed by atoms with Crippen molar-refractivity contribution in [2.45, 2.75) is 26.2 Å². The minimum Gasteiger partial charge on any atom is -0.314 e. The number of hydrogen-bond acceptors (Lipinski definition) is 4. The second kappa shape index (κ2) is 7.23. The number of ketones is 1. The van der Waals surface area contributed by atoms with Gasteiger partial charge in [-0.1, -0.05) is 19.1 Å². The molecule has 0 saturated carbocycles. The van der Waals surface area contributed by atoms with Crippen molar-refractivity contribution in [3.8, 4) is 0 Å². The zero-order chi connectivity index (χ0) is 16.2. The fraction of sp³-hybridized carbons (Fsp3) is 0.556. The number of carbonyl (C=O) groups is 2. The first kappa shape index (κ1) is 16.1. The van der Waals surface area contributed by atoms with E-state index >= 15 is 0 Å². The van der Waals surface area contributed by atoms with Gasteiger partial charge in [-0.25, -0.2) is 0 Å². The van der Waals surface area contributed by atoms with Crippen molar-refractivity contribution in [1.29, 1.82) is 0 Å². The summed E-state index contributed by atoms with van der Waals surface area (Å²) in [7, 11) is 0. The van der Waals surface area contributed by atoms with Crippen LogP contribution in [0.4, 0.5) is 5.69 Å². The van der Waals surface area contributed by atoms with E-state index in [2.05, 4.69) is 10.2 Å². The molecule has 1 aromatic rings. The van der Waals surface area contributed by atoms with Crippen LogP contribution in [-0.4, -0.2) is 55.9 Å². The second-order valence-corrected chi connectivity index (χ2v) is 6.30. The van der Waals surface area contributed by atoms with E-state index in [-0.39, 0.29) is 11.7 Å². The molecule has 1 aromatic carbocycles. The van der Waals surface area contributed by atoms with Crippen molar-refractivity contribution in [2.75, 3.05) is 44.2 Å². The van der Waals surface area contributed by atoms with Crippen LogP contribution in [0.1, 0.15) is 35.7 Å². The average molecular weight is 315 g/mol. The number of piperazine rings is 1. The quantitative estimate of drug-likeness (QED) is 0.855. The van der Waals surface area contributed by atoms with E-state index in [1.165, 1.54) is 5.56 Å². The summed E-state index contributed by atoms with van der Waals surface area (Å²) in [6.07, 6.45) is 2.47. The maximum atomic E-state index is 12.6. The van der Waals surface area contributed by atoms with Gasteiger partial charge in [0, 0.05) is 50.4 Å². The molecular weight excluding hydrogens is 290 g/mol. The molecule has 1 saturated heterocycles. The topological polar surface area (TPSA) is 52.7 Å². The molecule has 0 radical (unpaired) electrons. The van der Waals surface area contributed by atoms with E-state index in [1.807, 2.05) is 30.0 Å². The molecule has 0 unspecified atom stereocenters. The molecule has 5 nitrogen and oxygen atoms in total. The highest BCUT2D eigenvalue weighted by Gasteiger charge is 2.23. The summed E-state index contributed by atoms with van der Waals surface area (Å²) in [5.74, 6) is 0.279. The van der Waals surface area contributed by atoms with Crippen LogP contribution in [-0.2, 0) is 11.2 Å². The summed E-state index contributed by atoms with van der Waals surface area (Å²) < 4.78 is 0. The van der Waals surface area contributed by atoms with Crippen molar-refractivity contribution in [1.82, 2.24) is 10.2 Å². The minimum atomic E-state index is 0.137. The highest BCUT2D eigenvalue weighted by molar-refractivity contribution is 6.01. The zero-order valence-electron chi connectivity index (χ0n) is 13.8. The zero-order valence-corrected chi connectivity index (χ0v) is 13.8. The number of amides is 1. The summed E-state index contributed by atoms with van der Waals surface area (Å²) in [6.45, 7) is 6.81. The van der Waals surface area contributed by atoms with Crippen molar-refractivity contribution in [3.63, 3.8) is 0 Å². The van der Waals surface area contributed by atoms with E-state index in [4.69, 9.17) is 0 Å². The molecule has 3 rings (SSSR count). The SMILES string of the molecule is CCC(=O)N1CCCc2ccc(C(=O)CN3CCNCC3)cc21. The molecule has 2 aliphatic heterocycles. The van der Waals surface area contributed by atoms with Crippen molar-refractivity contribution in [2.24, 2.45) is 0 Å². The van der Waals surface area contributed by atoms with E-state index in [0.717, 1.165) is 56.8 Å². The third kappa shape index (κ3) is 3.62. The lowest BCUT2D eigenvalue weighted by Crippen LogP contribution is -2.45. The number of hydrogen-bond donors (Lipinski definition) is 1. The summed E-state index contributed by atoms with van der Waals surface area (Å²) in [5, 5.41) is 3.30. The van der Waals surface area contributed by atoms with E-state index in [1.54, 1.807) is 0 Å². The van der Waals surface area contributed by atoms with Gasteiger partial charge in [-0.2, -0.15) is 0 Å². The molecule has 0 aliphatic carbocycles. The summed E-state index contributed by atoms with van der Waals surface area (Å²) in [5.41, 5.74) is 2.84. The number of nitrogens with zero attached hydrogens (tertiary/aromatic N) is 2. The number of Topliss-reactive ketones (excluding diaryl/α,β-unsaturated/α-hetero) is 1. The van der Waals surface area contributed by atoms with Gasteiger partial charge in [0.15, 0.2) is 5.78 Å². The van der Waals surface area contributed by atoms with E-state index in [9.17, 15) is 9.59 Å². The highest BCUT2D eigenvalue weighted by atomic mass is 16.2. The first-order chi connectivity index (χ1) is 11.2. The largest absolute Gasteiger partial charge is 0.314 e. The van der Waals surface area contributed by atoms with Gasteiger partial charge in [-0.15, -0.1) is 0 Å². The number of carbonyl (C=O) groups excluding carboxylic acids is 2. The highest BCUT2D eigenvalue weighted by Crippen LogP contribution is 2.29. The van der Waals surface area contributed by atoms with Crippen LogP contribution in [0, 0.1) is 0 Å². The first-order valence-corrected chi connectivity index (χ1v) is 8.58. The Labute approximate surface area is 137 Å². The third-order valence-corrected chi connectivity index (χ3v) is 4.71. The maximum Gasteiger partial charge on any atom is 0.226 e. The van der Waals surface area contributed by atoms with E-state index < -0.39 is 0 Å². The van der Waals surface area contributed by atoms with Crippen LogP contribution in [0.15, 0.2) is 18.2 Å². The Balaban J connectivity index is 1.78. The molecule has 2 aliphatic rings. The molecule has 0 aromatic heterocycles. The number of aryl methyl sites for hydroxylation is 1. The van der Waals surface area contributed by atoms with Crippen molar-refractivity contribution >= 4 is 17.4 Å². The van der Waals surface area contributed by atoms with Crippen LogP contribution in [0.5, 0.6) is 0 Å². The van der Waals surface area contributed by atoms with Gasteiger partial charge in [0.2, 0.25) is 5.91 Å². The van der Waals surface area contributed by atoms with Gasteiger partial charge in [0.1, 0.15) is 0 Å². The normalized spacial score (nSPS) is 18.6. The molecule has 23 heavy (non-hydrogen) atoms. The van der Waals surface area contributed by atoms with Gasteiger partial charge in [-0.3, -0.25) is 14.5 Å². The lowest BCUT2D eigenvalue weighted by Gasteiger charge is -2.30. The summed E-state index contributed by atoms with van der Waals surface area (Å²) in [6, 6.07) is 5.87. The van der Waals surface area contributed by atoms with Crippen molar-refractivity contribution < 1.29 is 9.59 Å². The Bertz CT molecular complexity index is 594. The number of rotatable bonds is 4. The van der Waals surface area contributed by atoms with Crippen LogP contribution in [0.25, 0.3) is 0 Å². The van der Waals surface area contributed by atoms with Gasteiger partial charge in [0.05, 0.1) is 6.54 Å². The molecule has 124 valence electrons. The first-order valence-electron chi connectivity index (χ1n) is 8.58. The molecule has 0 bridgehead atoms.